The third-order valence-electron chi connectivity index (χ3n) is 10.3. The highest BCUT2D eigenvalue weighted by atomic mass is 16.9. The van der Waals surface area contributed by atoms with Gasteiger partial charge >= 0.3 is 0 Å². The van der Waals surface area contributed by atoms with Crippen LogP contribution in [0.2, 0.25) is 0 Å². The zero-order valence-electron chi connectivity index (χ0n) is 30.0. The quantitative estimate of drug-likeness (QED) is 0.129. The van der Waals surface area contributed by atoms with Crippen molar-refractivity contribution in [3.05, 3.63) is 215 Å². The summed E-state index contributed by atoms with van der Waals surface area (Å²) in [5.41, 5.74) is 3.66. The second kappa shape index (κ2) is 14.5. The number of hydrogen-bond acceptors (Lipinski definition) is 6. The third kappa shape index (κ3) is 6.42. The maximum atomic E-state index is 12.1. The van der Waals surface area contributed by atoms with Gasteiger partial charge in [-0.3, -0.25) is 0 Å². The second-order valence-corrected chi connectivity index (χ2v) is 14.2. The molecule has 0 amide bonds. The lowest BCUT2D eigenvalue weighted by Crippen LogP contribution is -2.48. The number of ether oxygens (including phenoxy) is 5. The Morgan fingerprint density at radius 3 is 1.15 bits per heavy atom. The highest BCUT2D eigenvalue weighted by Crippen LogP contribution is 2.49. The molecular weight excluding hydrogens is 661 g/mol. The Kier molecular flexibility index (Phi) is 9.60. The van der Waals surface area contributed by atoms with Crippen molar-refractivity contribution in [2.75, 3.05) is 13.2 Å². The summed E-state index contributed by atoms with van der Waals surface area (Å²) in [5.74, 6) is -2.49. The van der Waals surface area contributed by atoms with Crippen LogP contribution in [-0.4, -0.2) is 48.2 Å². The molecule has 2 saturated heterocycles. The lowest BCUT2D eigenvalue weighted by molar-refractivity contribution is -0.289. The smallest absolute Gasteiger partial charge is 0.224 e. The van der Waals surface area contributed by atoms with E-state index >= 15 is 0 Å². The first-order valence-electron chi connectivity index (χ1n) is 18.2. The molecule has 2 fully saturated rings. The summed E-state index contributed by atoms with van der Waals surface area (Å²) >= 11 is 0. The van der Waals surface area contributed by atoms with Gasteiger partial charge in [0, 0.05) is 0 Å². The van der Waals surface area contributed by atoms with E-state index in [0.29, 0.717) is 0 Å². The third-order valence-corrected chi connectivity index (χ3v) is 10.3. The van der Waals surface area contributed by atoms with Crippen LogP contribution in [0.1, 0.15) is 47.2 Å². The minimum Gasteiger partial charge on any atom is -0.387 e. The van der Waals surface area contributed by atoms with Gasteiger partial charge in [0.05, 0.1) is 6.61 Å². The van der Waals surface area contributed by atoms with Gasteiger partial charge < -0.3 is 28.8 Å². The average molecular weight is 705 g/mol. The Balaban J connectivity index is 1.17. The predicted molar refractivity (Wildman–Crippen MR) is 204 cm³/mol. The molecule has 0 aromatic heterocycles. The van der Waals surface area contributed by atoms with Crippen molar-refractivity contribution in [1.82, 2.24) is 0 Å². The van der Waals surface area contributed by atoms with Crippen LogP contribution in [0.15, 0.2) is 182 Å². The molecule has 0 bridgehead atoms. The van der Waals surface area contributed by atoms with E-state index in [4.69, 9.17) is 23.7 Å². The molecule has 6 nitrogen and oxygen atoms in total. The molecule has 6 heteroatoms. The van der Waals surface area contributed by atoms with Gasteiger partial charge in [0.2, 0.25) is 5.79 Å². The van der Waals surface area contributed by atoms with Gasteiger partial charge in [0.1, 0.15) is 36.1 Å². The molecule has 8 rings (SSSR count). The minimum atomic E-state index is -1.45. The molecule has 4 atom stereocenters. The summed E-state index contributed by atoms with van der Waals surface area (Å²) in [6, 6.07) is 61.0. The topological polar surface area (TPSA) is 66.4 Å². The van der Waals surface area contributed by atoms with E-state index in [1.54, 1.807) is 0 Å². The molecule has 0 radical (unpaired) electrons. The van der Waals surface area contributed by atoms with E-state index in [-0.39, 0.29) is 13.2 Å². The minimum absolute atomic E-state index is 0.0342. The molecule has 0 spiro atoms. The number of rotatable bonds is 12. The number of aliphatic hydroxyl groups excluding tert-OH is 1. The van der Waals surface area contributed by atoms with E-state index < -0.39 is 41.1 Å². The highest BCUT2D eigenvalue weighted by molar-refractivity contribution is 5.49. The van der Waals surface area contributed by atoms with Gasteiger partial charge in [-0.1, -0.05) is 182 Å². The van der Waals surface area contributed by atoms with Gasteiger partial charge in [0.25, 0.3) is 0 Å². The zero-order chi connectivity index (χ0) is 36.4. The molecule has 268 valence electrons. The lowest BCUT2D eigenvalue weighted by atomic mass is 9.80. The summed E-state index contributed by atoms with van der Waals surface area (Å²) in [7, 11) is 0. The van der Waals surface area contributed by atoms with Crippen molar-refractivity contribution in [2.24, 2.45) is 0 Å². The van der Waals surface area contributed by atoms with Crippen molar-refractivity contribution < 1.29 is 28.8 Å². The van der Waals surface area contributed by atoms with Gasteiger partial charge in [-0.15, -0.1) is 0 Å². The first kappa shape index (κ1) is 35.1. The molecule has 6 aromatic rings. The molecule has 2 heterocycles. The Hall–Kier alpha value is -4.92. The average Bonchev–Trinajstić information content (AvgIpc) is 3.63. The molecule has 6 aromatic carbocycles. The Bertz CT molecular complexity index is 1870. The van der Waals surface area contributed by atoms with E-state index in [9.17, 15) is 5.11 Å². The number of aliphatic hydroxyl groups is 1. The van der Waals surface area contributed by atoms with Crippen molar-refractivity contribution in [3.8, 4) is 0 Å². The highest BCUT2D eigenvalue weighted by Gasteiger charge is 2.66. The Morgan fingerprint density at radius 1 is 0.491 bits per heavy atom. The van der Waals surface area contributed by atoms with Gasteiger partial charge in [-0.25, -0.2) is 0 Å². The van der Waals surface area contributed by atoms with Crippen LogP contribution < -0.4 is 0 Å². The van der Waals surface area contributed by atoms with E-state index in [1.807, 2.05) is 123 Å². The molecular formula is C47H44O6. The van der Waals surface area contributed by atoms with Gasteiger partial charge in [-0.05, 0) is 47.2 Å². The summed E-state index contributed by atoms with van der Waals surface area (Å²) in [6.45, 7) is 3.65. The van der Waals surface area contributed by atoms with Gasteiger partial charge in [-0.2, -0.15) is 0 Å². The number of benzene rings is 6. The Morgan fingerprint density at radius 2 is 0.811 bits per heavy atom. The van der Waals surface area contributed by atoms with Crippen LogP contribution in [0.5, 0.6) is 0 Å². The van der Waals surface area contributed by atoms with Crippen LogP contribution in [0.3, 0.4) is 0 Å². The Labute approximate surface area is 311 Å². The largest absolute Gasteiger partial charge is 0.387 e. The lowest BCUT2D eigenvalue weighted by Gasteiger charge is -2.39. The SMILES string of the molecule is CC1(C)O[C@H]2[C@H](O)[C@@H](COC(c3ccccc3)(c3ccccc3)c3ccccc3)O[C@@]2(COC(c2ccccc2)(c2ccccc2)c2ccccc2)O1. The van der Waals surface area contributed by atoms with E-state index in [2.05, 4.69) is 72.8 Å². The number of fused-ring (bicyclic) bond motifs is 1. The van der Waals surface area contributed by atoms with Gasteiger partial charge in [0.15, 0.2) is 5.79 Å². The van der Waals surface area contributed by atoms with Crippen molar-refractivity contribution in [2.45, 2.75) is 54.9 Å². The fourth-order valence-corrected chi connectivity index (χ4v) is 8.07. The number of hydrogen-bond donors (Lipinski definition) is 1. The van der Waals surface area contributed by atoms with Crippen LogP contribution >= 0.6 is 0 Å². The first-order chi connectivity index (χ1) is 25.9. The van der Waals surface area contributed by atoms with Crippen molar-refractivity contribution >= 4 is 0 Å². The molecule has 1 N–H and O–H groups in total. The summed E-state index contributed by atoms with van der Waals surface area (Å²) in [4.78, 5) is 0. The monoisotopic (exact) mass is 704 g/mol. The molecule has 0 saturated carbocycles. The van der Waals surface area contributed by atoms with E-state index in [1.165, 1.54) is 0 Å². The molecule has 0 aliphatic carbocycles. The predicted octanol–water partition coefficient (Wildman–Crippen LogP) is 8.61. The second-order valence-electron chi connectivity index (χ2n) is 14.2. The first-order valence-corrected chi connectivity index (χ1v) is 18.2. The van der Waals surface area contributed by atoms with Crippen LogP contribution in [0, 0.1) is 0 Å². The summed E-state index contributed by atoms with van der Waals surface area (Å²) < 4.78 is 34.4. The van der Waals surface area contributed by atoms with Crippen LogP contribution in [-0.2, 0) is 34.9 Å². The fraction of sp³-hybridized carbons (Fsp3) is 0.234. The van der Waals surface area contributed by atoms with E-state index in [0.717, 1.165) is 33.4 Å². The normalized spacial score (nSPS) is 22.4. The zero-order valence-corrected chi connectivity index (χ0v) is 30.0. The van der Waals surface area contributed by atoms with Crippen LogP contribution in [0.4, 0.5) is 0 Å². The molecule has 53 heavy (non-hydrogen) atoms. The molecule has 0 unspecified atom stereocenters. The van der Waals surface area contributed by atoms with Crippen molar-refractivity contribution in [3.63, 3.8) is 0 Å². The molecule has 2 aliphatic rings. The molecule has 2 aliphatic heterocycles. The maximum Gasteiger partial charge on any atom is 0.224 e. The fourth-order valence-electron chi connectivity index (χ4n) is 8.07. The maximum absolute atomic E-state index is 12.1. The standard InChI is InChI=1S/C47H44O6/c1-44(2)52-43-42(48)41(33-49-46(35-21-9-3-10-22-35,36-23-11-4-12-24-36)37-25-13-5-14-26-37)51-45(43,53-44)34-50-47(38-27-15-6-16-28-38,39-29-17-7-18-30-39)40-31-19-8-20-32-40/h3-32,41-43,48H,33-34H2,1-2H3/t41-,42-,43+,45+/m1/s1. The van der Waals surface area contributed by atoms with Crippen LogP contribution in [0.25, 0.3) is 0 Å². The summed E-state index contributed by atoms with van der Waals surface area (Å²) in [6.07, 6.45) is -2.75. The summed E-state index contributed by atoms with van der Waals surface area (Å²) in [5, 5.41) is 12.1. The van der Waals surface area contributed by atoms with Crippen molar-refractivity contribution in [1.29, 1.82) is 0 Å².